The van der Waals surface area contributed by atoms with E-state index in [9.17, 15) is 4.79 Å². The van der Waals surface area contributed by atoms with Gasteiger partial charge in [0, 0.05) is 55.5 Å². The van der Waals surface area contributed by atoms with E-state index in [0.717, 1.165) is 62.7 Å². The van der Waals surface area contributed by atoms with Crippen molar-refractivity contribution < 1.29 is 14.3 Å². The van der Waals surface area contributed by atoms with Crippen molar-refractivity contribution in [3.8, 4) is 17.2 Å². The van der Waals surface area contributed by atoms with E-state index >= 15 is 0 Å². The van der Waals surface area contributed by atoms with Gasteiger partial charge in [-0.05, 0) is 31.0 Å². The van der Waals surface area contributed by atoms with Gasteiger partial charge in [0.15, 0.2) is 11.6 Å². The smallest absolute Gasteiger partial charge is 0.252 e. The molecule has 4 heterocycles. The lowest BCUT2D eigenvalue weighted by Gasteiger charge is -2.59. The summed E-state index contributed by atoms with van der Waals surface area (Å²) in [5.41, 5.74) is 8.40. The van der Waals surface area contributed by atoms with E-state index in [1.54, 1.807) is 30.5 Å². The summed E-state index contributed by atoms with van der Waals surface area (Å²) in [5.74, 6) is 2.05. The SMILES string of the molecule is NC(=O)c1ccccc1Oc1cncnc1N1CC2(CC(Oc3ccnc4c3CNCC4)C2)C1. The number of primary amides is 1. The third-order valence-electron chi connectivity index (χ3n) is 6.94. The fraction of sp³-hybridized carbons (Fsp3) is 0.360. The number of benzene rings is 1. The Morgan fingerprint density at radius 3 is 2.82 bits per heavy atom. The minimum Gasteiger partial charge on any atom is -0.490 e. The molecule has 3 aromatic rings. The van der Waals surface area contributed by atoms with Crippen LogP contribution in [-0.4, -0.2) is 46.6 Å². The number of para-hydroxylation sites is 1. The molecule has 2 fully saturated rings. The van der Waals surface area contributed by atoms with Crippen LogP contribution in [0, 0.1) is 5.41 Å². The lowest BCUT2D eigenvalue weighted by Crippen LogP contribution is -2.65. The first-order valence-electron chi connectivity index (χ1n) is 11.6. The molecule has 3 N–H and O–H groups in total. The van der Waals surface area contributed by atoms with Gasteiger partial charge in [-0.15, -0.1) is 0 Å². The summed E-state index contributed by atoms with van der Waals surface area (Å²) >= 11 is 0. The summed E-state index contributed by atoms with van der Waals surface area (Å²) in [6.45, 7) is 3.55. The second kappa shape index (κ2) is 8.25. The molecule has 1 aromatic carbocycles. The quantitative estimate of drug-likeness (QED) is 0.579. The number of carbonyl (C=O) groups excluding carboxylic acids is 1. The zero-order valence-corrected chi connectivity index (χ0v) is 18.7. The number of nitrogens with two attached hydrogens (primary N) is 1. The third-order valence-corrected chi connectivity index (χ3v) is 6.94. The number of hydrogen-bond acceptors (Lipinski definition) is 8. The maximum Gasteiger partial charge on any atom is 0.252 e. The minimum absolute atomic E-state index is 0.221. The molecule has 1 amide bonds. The molecular weight excluding hydrogens is 432 g/mol. The molecule has 9 nitrogen and oxygen atoms in total. The predicted molar refractivity (Wildman–Crippen MR) is 125 cm³/mol. The molecule has 6 rings (SSSR count). The highest BCUT2D eigenvalue weighted by Gasteiger charge is 2.54. The number of fused-ring (bicyclic) bond motifs is 1. The number of hydrogen-bond donors (Lipinski definition) is 2. The Balaban J connectivity index is 1.10. The number of aromatic nitrogens is 3. The molecular formula is C25H26N6O3. The number of ether oxygens (including phenoxy) is 2. The molecule has 2 aliphatic heterocycles. The highest BCUT2D eigenvalue weighted by atomic mass is 16.5. The normalized spacial score (nSPS) is 18.5. The fourth-order valence-electron chi connectivity index (χ4n) is 5.29. The van der Waals surface area contributed by atoms with Gasteiger partial charge in [0.25, 0.3) is 5.91 Å². The van der Waals surface area contributed by atoms with Gasteiger partial charge in [-0.3, -0.25) is 9.78 Å². The van der Waals surface area contributed by atoms with Gasteiger partial charge in [0.1, 0.15) is 23.9 Å². The highest BCUT2D eigenvalue weighted by molar-refractivity contribution is 5.95. The van der Waals surface area contributed by atoms with E-state index in [4.69, 9.17) is 15.2 Å². The summed E-state index contributed by atoms with van der Waals surface area (Å²) in [5, 5.41) is 3.41. The predicted octanol–water partition coefficient (Wildman–Crippen LogP) is 2.46. The summed E-state index contributed by atoms with van der Waals surface area (Å²) in [6.07, 6.45) is 8.19. The van der Waals surface area contributed by atoms with Crippen LogP contribution in [0.5, 0.6) is 17.2 Å². The van der Waals surface area contributed by atoms with Crippen molar-refractivity contribution in [2.45, 2.75) is 31.9 Å². The second-order valence-corrected chi connectivity index (χ2v) is 9.34. The standard InChI is InChI=1S/C25H26N6O3/c26-23(32)17-3-1-2-4-20(17)34-22-12-28-15-30-24(22)31-13-25(14-31)9-16(10-25)33-21-6-8-29-19-5-7-27-11-18(19)21/h1-4,6,8,12,15-16,27H,5,7,9-11,13-14H2,(H2,26,32). The average molecular weight is 459 g/mol. The second-order valence-electron chi connectivity index (χ2n) is 9.34. The Bertz CT molecular complexity index is 1230. The van der Waals surface area contributed by atoms with Gasteiger partial charge in [-0.1, -0.05) is 12.1 Å². The summed E-state index contributed by atoms with van der Waals surface area (Å²) in [6, 6.07) is 8.90. The molecule has 3 aliphatic rings. The molecule has 1 aliphatic carbocycles. The van der Waals surface area contributed by atoms with Gasteiger partial charge >= 0.3 is 0 Å². The van der Waals surface area contributed by atoms with Crippen LogP contribution in [0.4, 0.5) is 5.82 Å². The van der Waals surface area contributed by atoms with E-state index in [0.29, 0.717) is 17.1 Å². The molecule has 1 saturated carbocycles. The third kappa shape index (κ3) is 3.71. The van der Waals surface area contributed by atoms with Crippen LogP contribution >= 0.6 is 0 Å². The van der Waals surface area contributed by atoms with Crippen molar-refractivity contribution in [2.24, 2.45) is 11.1 Å². The molecule has 34 heavy (non-hydrogen) atoms. The van der Waals surface area contributed by atoms with Gasteiger partial charge in [0.2, 0.25) is 0 Å². The summed E-state index contributed by atoms with van der Waals surface area (Å²) in [4.78, 5) is 27.0. The maximum atomic E-state index is 11.8. The van der Waals surface area contributed by atoms with E-state index in [2.05, 4.69) is 25.2 Å². The van der Waals surface area contributed by atoms with Crippen LogP contribution in [0.1, 0.15) is 34.5 Å². The van der Waals surface area contributed by atoms with Crippen LogP contribution in [-0.2, 0) is 13.0 Å². The van der Waals surface area contributed by atoms with E-state index in [1.807, 2.05) is 12.3 Å². The first-order valence-corrected chi connectivity index (χ1v) is 11.6. The van der Waals surface area contributed by atoms with Crippen molar-refractivity contribution in [3.05, 3.63) is 65.9 Å². The van der Waals surface area contributed by atoms with Crippen molar-refractivity contribution >= 4 is 11.7 Å². The number of pyridine rings is 1. The van der Waals surface area contributed by atoms with Crippen molar-refractivity contribution in [3.63, 3.8) is 0 Å². The van der Waals surface area contributed by atoms with Crippen LogP contribution in [0.2, 0.25) is 0 Å². The Morgan fingerprint density at radius 2 is 1.97 bits per heavy atom. The first-order chi connectivity index (χ1) is 16.6. The first kappa shape index (κ1) is 20.9. The van der Waals surface area contributed by atoms with E-state index in [1.165, 1.54) is 11.9 Å². The Labute approximate surface area is 197 Å². The van der Waals surface area contributed by atoms with Crippen LogP contribution in [0.25, 0.3) is 0 Å². The Kier molecular flexibility index (Phi) is 5.06. The average Bonchev–Trinajstić information content (AvgIpc) is 2.81. The zero-order chi connectivity index (χ0) is 23.1. The number of nitrogens with zero attached hydrogens (tertiary/aromatic N) is 4. The number of amides is 1. The zero-order valence-electron chi connectivity index (χ0n) is 18.7. The molecule has 0 unspecified atom stereocenters. The summed E-state index contributed by atoms with van der Waals surface area (Å²) < 4.78 is 12.4. The Hall–Kier alpha value is -3.72. The molecule has 0 bridgehead atoms. The summed E-state index contributed by atoms with van der Waals surface area (Å²) in [7, 11) is 0. The maximum absolute atomic E-state index is 11.8. The number of rotatable bonds is 6. The molecule has 0 atom stereocenters. The van der Waals surface area contributed by atoms with Gasteiger partial charge in [-0.2, -0.15) is 0 Å². The van der Waals surface area contributed by atoms with Gasteiger partial charge in [-0.25, -0.2) is 9.97 Å². The minimum atomic E-state index is -0.538. The highest BCUT2D eigenvalue weighted by Crippen LogP contribution is 2.52. The lowest BCUT2D eigenvalue weighted by molar-refractivity contribution is -0.0349. The number of carbonyl (C=O) groups is 1. The number of anilines is 1. The van der Waals surface area contributed by atoms with Crippen LogP contribution < -0.4 is 25.4 Å². The van der Waals surface area contributed by atoms with Crippen molar-refractivity contribution in [1.82, 2.24) is 20.3 Å². The van der Waals surface area contributed by atoms with Crippen molar-refractivity contribution in [1.29, 1.82) is 0 Å². The van der Waals surface area contributed by atoms with Gasteiger partial charge < -0.3 is 25.4 Å². The monoisotopic (exact) mass is 458 g/mol. The van der Waals surface area contributed by atoms with E-state index < -0.39 is 5.91 Å². The topological polar surface area (TPSA) is 115 Å². The van der Waals surface area contributed by atoms with Crippen LogP contribution in [0.15, 0.2) is 49.1 Å². The molecule has 174 valence electrons. The molecule has 1 spiro atoms. The largest absolute Gasteiger partial charge is 0.490 e. The molecule has 1 saturated heterocycles. The van der Waals surface area contributed by atoms with E-state index in [-0.39, 0.29) is 11.5 Å². The number of nitrogens with one attached hydrogen (secondary N) is 1. The lowest BCUT2D eigenvalue weighted by atomic mass is 9.61. The van der Waals surface area contributed by atoms with Crippen LogP contribution in [0.3, 0.4) is 0 Å². The van der Waals surface area contributed by atoms with Crippen molar-refractivity contribution in [2.75, 3.05) is 24.5 Å². The molecule has 9 heteroatoms. The fourth-order valence-corrected chi connectivity index (χ4v) is 5.29. The Morgan fingerprint density at radius 1 is 1.12 bits per heavy atom. The molecule has 0 radical (unpaired) electrons. The molecule has 2 aromatic heterocycles. The van der Waals surface area contributed by atoms with Gasteiger partial charge in [0.05, 0.1) is 11.8 Å².